The number of benzene rings is 1. The summed E-state index contributed by atoms with van der Waals surface area (Å²) in [5, 5.41) is 1.12. The summed E-state index contributed by atoms with van der Waals surface area (Å²) < 4.78 is 1.23. The first-order chi connectivity index (χ1) is 8.72. The van der Waals surface area contributed by atoms with E-state index in [0.29, 0.717) is 5.82 Å². The lowest BCUT2D eigenvalue weighted by Crippen LogP contribution is -1.97. The molecule has 1 aromatic carbocycles. The monoisotopic (exact) mass is 255 g/mol. The lowest BCUT2D eigenvalue weighted by molar-refractivity contribution is 1.07. The summed E-state index contributed by atoms with van der Waals surface area (Å²) in [4.78, 5) is 8.91. The zero-order chi connectivity index (χ0) is 12.5. The summed E-state index contributed by atoms with van der Waals surface area (Å²) in [5.41, 5.74) is 8.89. The molecule has 2 aromatic heterocycles. The number of aromatic nitrogens is 2. The van der Waals surface area contributed by atoms with Crippen LogP contribution >= 0.6 is 11.3 Å². The van der Waals surface area contributed by atoms with Crippen molar-refractivity contribution in [2.24, 2.45) is 0 Å². The van der Waals surface area contributed by atoms with Crippen molar-refractivity contribution in [3.05, 3.63) is 52.7 Å². The van der Waals surface area contributed by atoms with E-state index in [1.165, 1.54) is 10.3 Å². The molecule has 3 nitrogen and oxygen atoms in total. The van der Waals surface area contributed by atoms with Crippen molar-refractivity contribution in [2.45, 2.75) is 13.3 Å². The summed E-state index contributed by atoms with van der Waals surface area (Å²) >= 11 is 1.73. The van der Waals surface area contributed by atoms with Crippen LogP contribution in [0.4, 0.5) is 5.82 Å². The summed E-state index contributed by atoms with van der Waals surface area (Å²) in [5.74, 6) is 0.570. The quantitative estimate of drug-likeness (QED) is 0.765. The highest BCUT2D eigenvalue weighted by Gasteiger charge is 2.07. The van der Waals surface area contributed by atoms with Crippen molar-refractivity contribution in [2.75, 3.05) is 5.73 Å². The van der Waals surface area contributed by atoms with Gasteiger partial charge in [-0.05, 0) is 30.7 Å². The molecule has 0 amide bonds. The van der Waals surface area contributed by atoms with Crippen LogP contribution in [0.3, 0.4) is 0 Å². The molecule has 3 aromatic rings. The topological polar surface area (TPSA) is 51.8 Å². The maximum Gasteiger partial charge on any atom is 0.123 e. The number of hydrogen-bond acceptors (Lipinski definition) is 4. The molecule has 0 aliphatic carbocycles. The molecule has 90 valence electrons. The zero-order valence-electron chi connectivity index (χ0n) is 10.1. The Kier molecular flexibility index (Phi) is 2.72. The summed E-state index contributed by atoms with van der Waals surface area (Å²) in [6.07, 6.45) is 0.818. The largest absolute Gasteiger partial charge is 0.384 e. The van der Waals surface area contributed by atoms with Gasteiger partial charge in [0.25, 0.3) is 0 Å². The molecule has 0 radical (unpaired) electrons. The predicted molar refractivity (Wildman–Crippen MR) is 75.8 cm³/mol. The second-order valence-electron chi connectivity index (χ2n) is 4.23. The van der Waals surface area contributed by atoms with Gasteiger partial charge in [-0.1, -0.05) is 18.2 Å². The number of nitrogens with two attached hydrogens (primary N) is 1. The molecule has 3 rings (SSSR count). The normalized spacial score (nSPS) is 10.9. The van der Waals surface area contributed by atoms with Crippen molar-refractivity contribution in [1.82, 2.24) is 9.97 Å². The molecule has 4 heteroatoms. The fourth-order valence-corrected chi connectivity index (χ4v) is 2.94. The molecular weight excluding hydrogens is 242 g/mol. The van der Waals surface area contributed by atoms with Crippen LogP contribution in [-0.2, 0) is 6.42 Å². The minimum Gasteiger partial charge on any atom is -0.384 e. The number of para-hydroxylation sites is 1. The smallest absolute Gasteiger partial charge is 0.123 e. The van der Waals surface area contributed by atoms with Gasteiger partial charge in [-0.2, -0.15) is 0 Å². The fourth-order valence-electron chi connectivity index (χ4n) is 1.95. The van der Waals surface area contributed by atoms with E-state index in [1.807, 2.05) is 37.3 Å². The van der Waals surface area contributed by atoms with E-state index in [-0.39, 0.29) is 0 Å². The second kappa shape index (κ2) is 4.38. The van der Waals surface area contributed by atoms with Crippen LogP contribution in [0, 0.1) is 6.92 Å². The van der Waals surface area contributed by atoms with E-state index < -0.39 is 0 Å². The van der Waals surface area contributed by atoms with Crippen molar-refractivity contribution in [3.8, 4) is 0 Å². The molecule has 0 saturated heterocycles. The van der Waals surface area contributed by atoms with Crippen molar-refractivity contribution in [3.63, 3.8) is 0 Å². The highest BCUT2D eigenvalue weighted by atomic mass is 32.1. The predicted octanol–water partition coefficient (Wildman–Crippen LogP) is 3.17. The minimum absolute atomic E-state index is 0.570. The van der Waals surface area contributed by atoms with Gasteiger partial charge in [0.2, 0.25) is 0 Å². The maximum absolute atomic E-state index is 5.66. The molecule has 2 N–H and O–H groups in total. The van der Waals surface area contributed by atoms with Gasteiger partial charge in [0.15, 0.2) is 0 Å². The van der Waals surface area contributed by atoms with Gasteiger partial charge in [0, 0.05) is 12.1 Å². The van der Waals surface area contributed by atoms with Gasteiger partial charge in [-0.15, -0.1) is 11.3 Å². The first kappa shape index (κ1) is 11.2. The number of thiazole rings is 1. The number of nitrogen functional groups attached to an aromatic ring is 1. The Morgan fingerprint density at radius 1 is 1.11 bits per heavy atom. The molecule has 2 heterocycles. The average molecular weight is 255 g/mol. The third-order valence-electron chi connectivity index (χ3n) is 2.90. The summed E-state index contributed by atoms with van der Waals surface area (Å²) in [6, 6.07) is 12.1. The Hall–Kier alpha value is -1.94. The fraction of sp³-hybridized carbons (Fsp3) is 0.143. The lowest BCUT2D eigenvalue weighted by atomic mass is 10.1. The second-order valence-corrected chi connectivity index (χ2v) is 5.35. The van der Waals surface area contributed by atoms with Crippen LogP contribution in [0.5, 0.6) is 0 Å². The number of hydrogen-bond donors (Lipinski definition) is 1. The van der Waals surface area contributed by atoms with Crippen LogP contribution in [0.15, 0.2) is 36.4 Å². The first-order valence-corrected chi connectivity index (χ1v) is 6.60. The molecule has 0 aliphatic rings. The number of fused-ring (bicyclic) bond motifs is 1. The van der Waals surface area contributed by atoms with Crippen LogP contribution < -0.4 is 5.73 Å². The van der Waals surface area contributed by atoms with E-state index in [2.05, 4.69) is 16.0 Å². The van der Waals surface area contributed by atoms with Gasteiger partial charge in [0.05, 0.1) is 15.2 Å². The van der Waals surface area contributed by atoms with Gasteiger partial charge in [0.1, 0.15) is 5.82 Å². The Bertz CT molecular complexity index is 670. The molecule has 0 fully saturated rings. The lowest BCUT2D eigenvalue weighted by Gasteiger charge is -2.03. The molecule has 18 heavy (non-hydrogen) atoms. The van der Waals surface area contributed by atoms with E-state index in [1.54, 1.807) is 11.3 Å². The van der Waals surface area contributed by atoms with E-state index >= 15 is 0 Å². The third-order valence-corrected chi connectivity index (χ3v) is 3.93. The maximum atomic E-state index is 5.66. The Balaban J connectivity index is 1.96. The van der Waals surface area contributed by atoms with Crippen LogP contribution in [0.1, 0.15) is 16.3 Å². The van der Waals surface area contributed by atoms with Gasteiger partial charge in [-0.3, -0.25) is 0 Å². The van der Waals surface area contributed by atoms with Gasteiger partial charge < -0.3 is 5.73 Å². The number of nitrogens with zero attached hydrogens (tertiary/aromatic N) is 2. The van der Waals surface area contributed by atoms with Gasteiger partial charge >= 0.3 is 0 Å². The Morgan fingerprint density at radius 3 is 2.72 bits per heavy atom. The highest BCUT2D eigenvalue weighted by Crippen LogP contribution is 2.24. The van der Waals surface area contributed by atoms with Crippen LogP contribution in [0.2, 0.25) is 0 Å². The average Bonchev–Trinajstić information content (AvgIpc) is 2.75. The minimum atomic E-state index is 0.570. The van der Waals surface area contributed by atoms with Crippen molar-refractivity contribution >= 4 is 27.4 Å². The number of pyridine rings is 1. The Labute approximate surface area is 109 Å². The van der Waals surface area contributed by atoms with Crippen molar-refractivity contribution < 1.29 is 0 Å². The van der Waals surface area contributed by atoms with E-state index in [9.17, 15) is 0 Å². The molecule has 0 atom stereocenters. The summed E-state index contributed by atoms with van der Waals surface area (Å²) in [7, 11) is 0. The van der Waals surface area contributed by atoms with Crippen LogP contribution in [0.25, 0.3) is 10.2 Å². The van der Waals surface area contributed by atoms with Gasteiger partial charge in [-0.25, -0.2) is 9.97 Å². The first-order valence-electron chi connectivity index (χ1n) is 5.79. The third kappa shape index (κ3) is 2.07. The number of rotatable bonds is 2. The standard InChI is InChI=1S/C14H13N3S/c1-9-10(6-7-13(15)16-9)8-14-17-11-4-2-3-5-12(11)18-14/h2-7H,8H2,1H3,(H2,15,16). The highest BCUT2D eigenvalue weighted by molar-refractivity contribution is 7.18. The molecular formula is C14H13N3S. The van der Waals surface area contributed by atoms with Crippen LogP contribution in [-0.4, -0.2) is 9.97 Å². The van der Waals surface area contributed by atoms with Crippen molar-refractivity contribution in [1.29, 1.82) is 0 Å². The molecule has 0 aliphatic heterocycles. The number of anilines is 1. The zero-order valence-corrected chi connectivity index (χ0v) is 10.9. The Morgan fingerprint density at radius 2 is 1.94 bits per heavy atom. The molecule has 0 saturated carbocycles. The van der Waals surface area contributed by atoms with E-state index in [0.717, 1.165) is 22.6 Å². The molecule has 0 unspecified atom stereocenters. The number of aryl methyl sites for hydroxylation is 1. The SMILES string of the molecule is Cc1nc(N)ccc1Cc1nc2ccccc2s1. The molecule has 0 spiro atoms. The van der Waals surface area contributed by atoms with E-state index in [4.69, 9.17) is 5.73 Å². The molecule has 0 bridgehead atoms. The summed E-state index contributed by atoms with van der Waals surface area (Å²) in [6.45, 7) is 1.99.